The Hall–Kier alpha value is -1.45. The van der Waals surface area contributed by atoms with Gasteiger partial charge >= 0.3 is 0 Å². The number of aromatic nitrogens is 1. The Morgan fingerprint density at radius 3 is 3.10 bits per heavy atom. The quantitative estimate of drug-likeness (QED) is 0.614. The molecule has 0 aliphatic heterocycles. The van der Waals surface area contributed by atoms with Crippen LogP contribution in [0.5, 0.6) is 5.88 Å². The highest BCUT2D eigenvalue weighted by Crippen LogP contribution is 2.02. The van der Waals surface area contributed by atoms with Crippen LogP contribution in [0.4, 0.5) is 0 Å². The molecular formula is C6H8N2O2. The molecule has 0 aromatic carbocycles. The lowest BCUT2D eigenvalue weighted by Gasteiger charge is -1.97. The van der Waals surface area contributed by atoms with Crippen LogP contribution in [0.15, 0.2) is 18.3 Å². The number of ether oxygens (including phenoxy) is 1. The minimum absolute atomic E-state index is 0.0828. The minimum atomic E-state index is -0.477. The molecule has 0 atom stereocenters. The van der Waals surface area contributed by atoms with Crippen LogP contribution >= 0.6 is 0 Å². The molecule has 1 rings (SSSR count). The first kappa shape index (κ1) is 6.67. The highest BCUT2D eigenvalue weighted by atomic mass is 16.5. The van der Waals surface area contributed by atoms with Crippen LogP contribution in [0.1, 0.15) is 0 Å². The second kappa shape index (κ2) is 2.91. The molecule has 0 spiro atoms. The van der Waals surface area contributed by atoms with E-state index >= 15 is 0 Å². The summed E-state index contributed by atoms with van der Waals surface area (Å²) in [6.45, 7) is -0.0828. The summed E-state index contributed by atoms with van der Waals surface area (Å²) in [5.74, 6) is 0.0772. The normalized spacial score (nSPS) is 9.20. The third-order valence-corrected chi connectivity index (χ3v) is 0.939. The zero-order valence-corrected chi connectivity index (χ0v) is 5.33. The molecule has 0 saturated carbocycles. The van der Waals surface area contributed by atoms with E-state index in [-0.39, 0.29) is 6.61 Å². The highest BCUT2D eigenvalue weighted by molar-refractivity contribution is 5.75. The van der Waals surface area contributed by atoms with E-state index < -0.39 is 5.91 Å². The minimum Gasteiger partial charge on any atom is -0.469 e. The first-order valence-corrected chi connectivity index (χ1v) is 2.83. The molecule has 1 aromatic heterocycles. The van der Waals surface area contributed by atoms with Crippen LogP contribution in [-0.4, -0.2) is 17.5 Å². The van der Waals surface area contributed by atoms with Gasteiger partial charge in [-0.3, -0.25) is 4.79 Å². The summed E-state index contributed by atoms with van der Waals surface area (Å²) < 4.78 is 4.88. The van der Waals surface area contributed by atoms with Crippen LogP contribution in [0, 0.1) is 0 Å². The number of nitrogens with one attached hydrogen (secondary N) is 1. The van der Waals surface area contributed by atoms with Crippen molar-refractivity contribution in [3.8, 4) is 5.88 Å². The van der Waals surface area contributed by atoms with Crippen molar-refractivity contribution in [1.29, 1.82) is 0 Å². The second-order valence-corrected chi connectivity index (χ2v) is 1.79. The van der Waals surface area contributed by atoms with Crippen molar-refractivity contribution in [3.63, 3.8) is 0 Å². The van der Waals surface area contributed by atoms with Crippen molar-refractivity contribution in [1.82, 2.24) is 4.98 Å². The Bertz CT molecular complexity index is 206. The molecular weight excluding hydrogens is 132 g/mol. The molecule has 0 radical (unpaired) electrons. The molecule has 1 aromatic rings. The van der Waals surface area contributed by atoms with Gasteiger partial charge in [0.15, 0.2) is 12.5 Å². The van der Waals surface area contributed by atoms with Crippen molar-refractivity contribution in [3.05, 3.63) is 18.3 Å². The van der Waals surface area contributed by atoms with Gasteiger partial charge in [-0.25, -0.2) is 0 Å². The maximum absolute atomic E-state index is 10.2. The monoisotopic (exact) mass is 140 g/mol. The van der Waals surface area contributed by atoms with Gasteiger partial charge in [-0.2, -0.15) is 0 Å². The number of hydrogen-bond acceptors (Lipinski definition) is 2. The molecule has 4 nitrogen and oxygen atoms in total. The Kier molecular flexibility index (Phi) is 1.94. The number of hydrogen-bond donors (Lipinski definition) is 2. The highest BCUT2D eigenvalue weighted by Gasteiger charge is 1.95. The molecule has 0 bridgehead atoms. The van der Waals surface area contributed by atoms with Gasteiger partial charge in [-0.05, 0) is 12.1 Å². The van der Waals surface area contributed by atoms with E-state index in [2.05, 4.69) is 4.98 Å². The average molecular weight is 140 g/mol. The Balaban J connectivity index is 2.35. The third-order valence-electron chi connectivity index (χ3n) is 0.939. The summed E-state index contributed by atoms with van der Waals surface area (Å²) in [5.41, 5.74) is 4.83. The van der Waals surface area contributed by atoms with E-state index in [0.717, 1.165) is 0 Å². The Labute approximate surface area is 58.0 Å². The number of H-pyrrole nitrogens is 1. The summed E-state index contributed by atoms with van der Waals surface area (Å²) in [4.78, 5) is 12.9. The van der Waals surface area contributed by atoms with Crippen LogP contribution < -0.4 is 10.5 Å². The maximum atomic E-state index is 10.2. The lowest BCUT2D eigenvalue weighted by molar-refractivity contribution is -0.120. The second-order valence-electron chi connectivity index (χ2n) is 1.79. The SMILES string of the molecule is NC(=O)COc1ccc[nH]1. The molecule has 10 heavy (non-hydrogen) atoms. The van der Waals surface area contributed by atoms with Crippen LogP contribution in [0.2, 0.25) is 0 Å². The number of aromatic amines is 1. The van der Waals surface area contributed by atoms with E-state index in [1.165, 1.54) is 0 Å². The van der Waals surface area contributed by atoms with Gasteiger partial charge in [0.25, 0.3) is 5.91 Å². The fourth-order valence-corrected chi connectivity index (χ4v) is 0.553. The van der Waals surface area contributed by atoms with E-state index in [9.17, 15) is 4.79 Å². The van der Waals surface area contributed by atoms with Crippen molar-refractivity contribution in [2.24, 2.45) is 5.73 Å². The van der Waals surface area contributed by atoms with Gasteiger partial charge in [0.1, 0.15) is 0 Å². The fraction of sp³-hybridized carbons (Fsp3) is 0.167. The molecule has 0 aliphatic carbocycles. The van der Waals surface area contributed by atoms with Crippen molar-refractivity contribution >= 4 is 5.91 Å². The lowest BCUT2D eigenvalue weighted by Crippen LogP contribution is -2.20. The van der Waals surface area contributed by atoms with E-state index in [1.807, 2.05) is 0 Å². The molecule has 4 heteroatoms. The number of rotatable bonds is 3. The molecule has 0 saturated heterocycles. The number of nitrogens with two attached hydrogens (primary N) is 1. The lowest BCUT2D eigenvalue weighted by atomic mass is 10.6. The topological polar surface area (TPSA) is 68.1 Å². The molecule has 0 aliphatic rings. The van der Waals surface area contributed by atoms with Gasteiger partial charge in [0.05, 0.1) is 0 Å². The number of carbonyl (C=O) groups is 1. The van der Waals surface area contributed by atoms with Crippen molar-refractivity contribution < 1.29 is 9.53 Å². The van der Waals surface area contributed by atoms with E-state index in [4.69, 9.17) is 10.5 Å². The van der Waals surface area contributed by atoms with Gasteiger partial charge < -0.3 is 15.5 Å². The summed E-state index contributed by atoms with van der Waals surface area (Å²) >= 11 is 0. The molecule has 0 unspecified atom stereocenters. The molecule has 1 amide bonds. The first-order chi connectivity index (χ1) is 4.79. The van der Waals surface area contributed by atoms with E-state index in [0.29, 0.717) is 5.88 Å². The van der Waals surface area contributed by atoms with Crippen LogP contribution in [-0.2, 0) is 4.79 Å². The third kappa shape index (κ3) is 1.81. The van der Waals surface area contributed by atoms with Gasteiger partial charge in [0.2, 0.25) is 0 Å². The van der Waals surface area contributed by atoms with Gasteiger partial charge in [0, 0.05) is 6.20 Å². The van der Waals surface area contributed by atoms with Gasteiger partial charge in [-0.1, -0.05) is 0 Å². The molecule has 1 heterocycles. The zero-order chi connectivity index (χ0) is 7.40. The maximum Gasteiger partial charge on any atom is 0.255 e. The Morgan fingerprint density at radius 2 is 2.60 bits per heavy atom. The van der Waals surface area contributed by atoms with Crippen molar-refractivity contribution in [2.45, 2.75) is 0 Å². The summed E-state index contributed by atoms with van der Waals surface area (Å²) in [7, 11) is 0. The number of amides is 1. The zero-order valence-electron chi connectivity index (χ0n) is 5.33. The van der Waals surface area contributed by atoms with Crippen LogP contribution in [0.3, 0.4) is 0 Å². The summed E-state index contributed by atoms with van der Waals surface area (Å²) in [5, 5.41) is 0. The largest absolute Gasteiger partial charge is 0.469 e. The Morgan fingerprint density at radius 1 is 1.80 bits per heavy atom. The first-order valence-electron chi connectivity index (χ1n) is 2.83. The average Bonchev–Trinajstić information content (AvgIpc) is 2.34. The molecule has 54 valence electrons. The van der Waals surface area contributed by atoms with Gasteiger partial charge in [-0.15, -0.1) is 0 Å². The van der Waals surface area contributed by atoms with E-state index in [1.54, 1.807) is 18.3 Å². The fourth-order valence-electron chi connectivity index (χ4n) is 0.553. The summed E-state index contributed by atoms with van der Waals surface area (Å²) in [6, 6.07) is 3.49. The molecule has 3 N–H and O–H groups in total. The summed E-state index contributed by atoms with van der Waals surface area (Å²) in [6.07, 6.45) is 1.70. The standard InChI is InChI=1S/C6H8N2O2/c7-5(9)4-10-6-2-1-3-8-6/h1-3,8H,4H2,(H2,7,9). The van der Waals surface area contributed by atoms with Crippen molar-refractivity contribution in [2.75, 3.05) is 6.61 Å². The predicted molar refractivity (Wildman–Crippen MR) is 35.5 cm³/mol. The van der Waals surface area contributed by atoms with Crippen LogP contribution in [0.25, 0.3) is 0 Å². The predicted octanol–water partition coefficient (Wildman–Crippen LogP) is -0.121. The number of carbonyl (C=O) groups excluding carboxylic acids is 1. The smallest absolute Gasteiger partial charge is 0.255 e. The number of primary amides is 1. The molecule has 0 fully saturated rings.